The fraction of sp³-hybridized carbons (Fsp3) is 0.368. The molecular formula is C19H21ClN2O7S2. The van der Waals surface area contributed by atoms with Crippen LogP contribution in [0, 0.1) is 10.1 Å². The molecule has 0 aromatic heterocycles. The number of nitro groups is 1. The van der Waals surface area contributed by atoms with Crippen LogP contribution in [0.1, 0.15) is 13.3 Å². The number of ether oxygens (including phenoxy) is 2. The molecule has 9 nitrogen and oxygen atoms in total. The lowest BCUT2D eigenvalue weighted by Crippen LogP contribution is -2.25. The summed E-state index contributed by atoms with van der Waals surface area (Å²) in [6, 6.07) is 4.02. The highest BCUT2D eigenvalue weighted by Gasteiger charge is 2.26. The number of allylic oxidation sites excluding steroid dienone is 4. The first-order valence-corrected chi connectivity index (χ1v) is 12.0. The summed E-state index contributed by atoms with van der Waals surface area (Å²) in [4.78, 5) is 22.4. The second kappa shape index (κ2) is 11.8. The van der Waals surface area contributed by atoms with Gasteiger partial charge in [-0.05, 0) is 30.9 Å². The largest absolute Gasteiger partial charge is 0.465 e. The Labute approximate surface area is 190 Å². The standard InChI is InChI=1S/C19H21ClN2O7S2/c1-12-3-6-16(18(20)19(12)31(26)27)29-13-4-5-15(22(24)25)14(11-13)21-8-7-17(23)28-9-10-30-2/h3-6,11,18,21H,7-10H2,1-2H3. The van der Waals surface area contributed by atoms with Gasteiger partial charge in [-0.3, -0.25) is 14.9 Å². The van der Waals surface area contributed by atoms with Crippen LogP contribution < -0.4 is 10.1 Å². The molecule has 12 heteroatoms. The van der Waals surface area contributed by atoms with Gasteiger partial charge in [0.2, 0.25) is 10.3 Å². The molecule has 0 saturated heterocycles. The molecule has 1 aliphatic carbocycles. The van der Waals surface area contributed by atoms with Gasteiger partial charge in [-0.15, -0.1) is 11.6 Å². The molecule has 31 heavy (non-hydrogen) atoms. The van der Waals surface area contributed by atoms with E-state index >= 15 is 0 Å². The molecule has 168 valence electrons. The number of halogens is 1. The molecule has 1 atom stereocenters. The molecule has 1 aromatic carbocycles. The fourth-order valence-corrected chi connectivity index (χ4v) is 4.00. The van der Waals surface area contributed by atoms with E-state index < -0.39 is 26.6 Å². The van der Waals surface area contributed by atoms with Gasteiger partial charge in [-0.25, -0.2) is 0 Å². The first-order chi connectivity index (χ1) is 14.7. The summed E-state index contributed by atoms with van der Waals surface area (Å²) >= 11 is 7.79. The maximum absolute atomic E-state index is 11.7. The van der Waals surface area contributed by atoms with E-state index in [9.17, 15) is 23.3 Å². The van der Waals surface area contributed by atoms with Crippen molar-refractivity contribution in [1.82, 2.24) is 0 Å². The topological polar surface area (TPSA) is 125 Å². The summed E-state index contributed by atoms with van der Waals surface area (Å²) in [7, 11) is -2.52. The maximum Gasteiger partial charge on any atom is 0.307 e. The molecule has 2 rings (SSSR count). The van der Waals surface area contributed by atoms with Gasteiger partial charge in [0.1, 0.15) is 34.0 Å². The van der Waals surface area contributed by atoms with E-state index in [0.717, 1.165) is 0 Å². The lowest BCUT2D eigenvalue weighted by Gasteiger charge is -2.19. The van der Waals surface area contributed by atoms with Crippen molar-refractivity contribution in [3.63, 3.8) is 0 Å². The third-order valence-corrected chi connectivity index (χ3v) is 6.20. The zero-order valence-corrected chi connectivity index (χ0v) is 19.2. The number of nitrogens with one attached hydrogen (secondary N) is 1. The van der Waals surface area contributed by atoms with Crippen molar-refractivity contribution in [3.8, 4) is 5.75 Å². The van der Waals surface area contributed by atoms with E-state index in [1.54, 1.807) is 30.8 Å². The van der Waals surface area contributed by atoms with Crippen LogP contribution >= 0.6 is 23.4 Å². The highest BCUT2D eigenvalue weighted by molar-refractivity contribution is 7.98. The Kier molecular flexibility index (Phi) is 9.41. The van der Waals surface area contributed by atoms with Crippen molar-refractivity contribution in [2.75, 3.05) is 30.5 Å². The van der Waals surface area contributed by atoms with Crippen LogP contribution in [0.2, 0.25) is 0 Å². The van der Waals surface area contributed by atoms with Crippen molar-refractivity contribution in [1.29, 1.82) is 0 Å². The number of nitrogens with zero attached hydrogens (tertiary/aromatic N) is 1. The Morgan fingerprint density at radius 1 is 1.35 bits per heavy atom. The molecule has 0 heterocycles. The molecular weight excluding hydrogens is 468 g/mol. The summed E-state index contributed by atoms with van der Waals surface area (Å²) in [5.41, 5.74) is 0.438. The number of carbonyl (C=O) groups is 1. The normalized spacial score (nSPS) is 15.6. The van der Waals surface area contributed by atoms with Crippen molar-refractivity contribution in [3.05, 3.63) is 51.8 Å². The quantitative estimate of drug-likeness (QED) is 0.132. The number of alkyl halides is 1. The molecule has 0 amide bonds. The van der Waals surface area contributed by atoms with Gasteiger partial charge in [-0.1, -0.05) is 6.08 Å². The highest BCUT2D eigenvalue weighted by atomic mass is 35.5. The number of carbonyl (C=O) groups excluding carboxylic acids is 1. The first-order valence-electron chi connectivity index (χ1n) is 9.08. The zero-order valence-electron chi connectivity index (χ0n) is 16.8. The Hall–Kier alpha value is -2.50. The van der Waals surface area contributed by atoms with E-state index in [2.05, 4.69) is 5.32 Å². The summed E-state index contributed by atoms with van der Waals surface area (Å²) in [6.07, 6.45) is 5.04. The monoisotopic (exact) mass is 488 g/mol. The predicted octanol–water partition coefficient (Wildman–Crippen LogP) is 3.18. The smallest absolute Gasteiger partial charge is 0.307 e. The molecule has 1 unspecified atom stereocenters. The van der Waals surface area contributed by atoms with E-state index in [1.807, 2.05) is 6.26 Å². The fourth-order valence-electron chi connectivity index (χ4n) is 2.63. The van der Waals surface area contributed by atoms with E-state index in [1.165, 1.54) is 18.2 Å². The third kappa shape index (κ3) is 7.01. The molecule has 1 N–H and O–H groups in total. The molecule has 1 aromatic rings. The third-order valence-electron chi connectivity index (χ3n) is 4.14. The number of hydrogen-bond acceptors (Lipinski definition) is 9. The predicted molar refractivity (Wildman–Crippen MR) is 122 cm³/mol. The molecule has 0 aliphatic heterocycles. The highest BCUT2D eigenvalue weighted by Crippen LogP contribution is 2.32. The summed E-state index contributed by atoms with van der Waals surface area (Å²) in [5, 5.41) is 13.1. The number of benzene rings is 1. The van der Waals surface area contributed by atoms with Gasteiger partial charge in [0.25, 0.3) is 5.69 Å². The molecule has 1 aliphatic rings. The average Bonchev–Trinajstić information content (AvgIpc) is 2.70. The Balaban J connectivity index is 2.14. The maximum atomic E-state index is 11.7. The second-order valence-corrected chi connectivity index (χ2v) is 8.64. The van der Waals surface area contributed by atoms with Gasteiger partial charge in [-0.2, -0.15) is 20.2 Å². The first kappa shape index (κ1) is 24.8. The molecule has 0 fully saturated rings. The number of nitro benzene ring substituents is 1. The van der Waals surface area contributed by atoms with Crippen molar-refractivity contribution >= 4 is 55.9 Å². The van der Waals surface area contributed by atoms with Gasteiger partial charge in [0.05, 0.1) is 11.3 Å². The minimum Gasteiger partial charge on any atom is -0.465 e. The van der Waals surface area contributed by atoms with Gasteiger partial charge < -0.3 is 14.8 Å². The van der Waals surface area contributed by atoms with Crippen molar-refractivity contribution < 1.29 is 27.6 Å². The molecule has 0 saturated carbocycles. The van der Waals surface area contributed by atoms with Crippen molar-refractivity contribution in [2.24, 2.45) is 0 Å². The summed E-state index contributed by atoms with van der Waals surface area (Å²) in [5.74, 6) is 0.667. The lowest BCUT2D eigenvalue weighted by molar-refractivity contribution is -0.384. The van der Waals surface area contributed by atoms with Crippen LogP contribution in [0.5, 0.6) is 5.75 Å². The van der Waals surface area contributed by atoms with Gasteiger partial charge >= 0.3 is 5.97 Å². The number of esters is 1. The minimum atomic E-state index is -2.52. The molecule has 0 spiro atoms. The van der Waals surface area contributed by atoms with Crippen LogP contribution in [0.4, 0.5) is 11.4 Å². The van der Waals surface area contributed by atoms with E-state index in [-0.39, 0.29) is 40.7 Å². The SMILES string of the molecule is CSCCOC(=O)CCNc1cc(OC2=CC=C(C)C(=S(=O)=O)C2Cl)ccc1[N+](=O)[O-]. The van der Waals surface area contributed by atoms with Crippen LogP contribution in [0.15, 0.2) is 41.7 Å². The van der Waals surface area contributed by atoms with Gasteiger partial charge in [0, 0.05) is 24.4 Å². The number of thioether (sulfide) groups is 1. The van der Waals surface area contributed by atoms with E-state index in [0.29, 0.717) is 17.9 Å². The van der Waals surface area contributed by atoms with Crippen molar-refractivity contribution in [2.45, 2.75) is 18.7 Å². The Morgan fingerprint density at radius 2 is 2.10 bits per heavy atom. The van der Waals surface area contributed by atoms with E-state index in [4.69, 9.17) is 21.1 Å². The summed E-state index contributed by atoms with van der Waals surface area (Å²) < 4.78 is 33.6. The minimum absolute atomic E-state index is 0.000544. The van der Waals surface area contributed by atoms with Crippen LogP contribution in [0.25, 0.3) is 0 Å². The Bertz CT molecular complexity index is 1040. The average molecular weight is 489 g/mol. The zero-order chi connectivity index (χ0) is 23.0. The second-order valence-electron chi connectivity index (χ2n) is 6.31. The van der Waals surface area contributed by atoms with Crippen LogP contribution in [0.3, 0.4) is 0 Å². The molecule has 0 radical (unpaired) electrons. The summed E-state index contributed by atoms with van der Waals surface area (Å²) in [6.45, 7) is 2.05. The van der Waals surface area contributed by atoms with Gasteiger partial charge in [0.15, 0.2) is 0 Å². The van der Waals surface area contributed by atoms with Crippen LogP contribution in [-0.2, 0) is 19.8 Å². The van der Waals surface area contributed by atoms with Crippen LogP contribution in [-0.4, -0.2) is 54.7 Å². The number of anilines is 1. The number of rotatable bonds is 10. The molecule has 0 bridgehead atoms. The lowest BCUT2D eigenvalue weighted by atomic mass is 10.0. The Morgan fingerprint density at radius 3 is 2.74 bits per heavy atom. The number of hydrogen-bond donors (Lipinski definition) is 1.